The molecular formula is C15H10FNO2S2. The van der Waals surface area contributed by atoms with Crippen molar-refractivity contribution < 1.29 is 14.3 Å². The van der Waals surface area contributed by atoms with Crippen molar-refractivity contribution in [3.63, 3.8) is 0 Å². The zero-order valence-electron chi connectivity index (χ0n) is 11.0. The standard InChI is InChI=1S/C15H10FNO2S2/c1-20-12-3-2-4-13(10(12)8-17)21-14-7-9(15(18)19)5-6-11(14)16/h2-7H,1H3,(H,18,19). The maximum absolute atomic E-state index is 13.8. The van der Waals surface area contributed by atoms with Gasteiger partial charge in [0.2, 0.25) is 0 Å². The van der Waals surface area contributed by atoms with E-state index in [1.54, 1.807) is 12.1 Å². The molecule has 0 bridgehead atoms. The summed E-state index contributed by atoms with van der Waals surface area (Å²) in [4.78, 5) is 12.5. The first-order chi connectivity index (χ1) is 10.1. The Hall–Kier alpha value is -1.97. The van der Waals surface area contributed by atoms with Gasteiger partial charge >= 0.3 is 5.97 Å². The normalized spacial score (nSPS) is 10.1. The summed E-state index contributed by atoms with van der Waals surface area (Å²) >= 11 is 2.49. The number of halogens is 1. The Bertz CT molecular complexity index is 741. The highest BCUT2D eigenvalue weighted by atomic mass is 32.2. The van der Waals surface area contributed by atoms with Gasteiger partial charge in [-0.25, -0.2) is 9.18 Å². The number of nitriles is 1. The van der Waals surface area contributed by atoms with Gasteiger partial charge in [-0.3, -0.25) is 0 Å². The van der Waals surface area contributed by atoms with E-state index in [1.165, 1.54) is 23.9 Å². The smallest absolute Gasteiger partial charge is 0.335 e. The first kappa shape index (κ1) is 15.4. The van der Waals surface area contributed by atoms with E-state index in [1.807, 2.05) is 12.3 Å². The molecule has 0 heterocycles. The van der Waals surface area contributed by atoms with Crippen LogP contribution in [0.2, 0.25) is 0 Å². The van der Waals surface area contributed by atoms with E-state index in [4.69, 9.17) is 5.11 Å². The maximum Gasteiger partial charge on any atom is 0.335 e. The molecule has 0 aliphatic carbocycles. The fourth-order valence-electron chi connectivity index (χ4n) is 1.71. The van der Waals surface area contributed by atoms with Gasteiger partial charge in [0.15, 0.2) is 0 Å². The number of carbonyl (C=O) groups is 1. The van der Waals surface area contributed by atoms with Crippen LogP contribution in [0.3, 0.4) is 0 Å². The summed E-state index contributed by atoms with van der Waals surface area (Å²) in [5.41, 5.74) is 0.480. The fourth-order valence-corrected chi connectivity index (χ4v) is 3.34. The number of rotatable bonds is 4. The van der Waals surface area contributed by atoms with Crippen LogP contribution in [0.5, 0.6) is 0 Å². The minimum absolute atomic E-state index is 0.0124. The second-order valence-electron chi connectivity index (χ2n) is 4.00. The Balaban J connectivity index is 2.46. The third-order valence-corrected chi connectivity index (χ3v) is 4.59. The van der Waals surface area contributed by atoms with Crippen LogP contribution in [0.25, 0.3) is 0 Å². The third kappa shape index (κ3) is 3.38. The lowest BCUT2D eigenvalue weighted by Gasteiger charge is -2.08. The summed E-state index contributed by atoms with van der Waals surface area (Å²) in [6.45, 7) is 0. The molecule has 3 nitrogen and oxygen atoms in total. The first-order valence-corrected chi connectivity index (χ1v) is 7.88. The lowest BCUT2D eigenvalue weighted by atomic mass is 10.2. The predicted octanol–water partition coefficient (Wildman–Crippen LogP) is 4.27. The number of carboxylic acids is 1. The van der Waals surface area contributed by atoms with Gasteiger partial charge < -0.3 is 5.11 Å². The highest BCUT2D eigenvalue weighted by Crippen LogP contribution is 2.36. The van der Waals surface area contributed by atoms with E-state index >= 15 is 0 Å². The quantitative estimate of drug-likeness (QED) is 0.853. The molecule has 0 aromatic heterocycles. The van der Waals surface area contributed by atoms with Crippen LogP contribution in [-0.2, 0) is 0 Å². The Labute approximate surface area is 129 Å². The SMILES string of the molecule is CSc1cccc(Sc2cc(C(=O)O)ccc2F)c1C#N. The molecular weight excluding hydrogens is 309 g/mol. The molecule has 0 aliphatic rings. The van der Waals surface area contributed by atoms with Crippen LogP contribution in [0.15, 0.2) is 51.1 Å². The molecule has 0 spiro atoms. The Morgan fingerprint density at radius 2 is 1.95 bits per heavy atom. The molecule has 1 N–H and O–H groups in total. The second-order valence-corrected chi connectivity index (χ2v) is 5.93. The number of nitrogens with zero attached hydrogens (tertiary/aromatic N) is 1. The average Bonchev–Trinajstić information content (AvgIpc) is 2.48. The van der Waals surface area contributed by atoms with E-state index in [0.29, 0.717) is 10.5 Å². The average molecular weight is 319 g/mol. The van der Waals surface area contributed by atoms with Crippen molar-refractivity contribution >= 4 is 29.5 Å². The Morgan fingerprint density at radius 1 is 1.24 bits per heavy atom. The van der Waals surface area contributed by atoms with Crippen molar-refractivity contribution in [1.29, 1.82) is 5.26 Å². The number of hydrogen-bond acceptors (Lipinski definition) is 4. The van der Waals surface area contributed by atoms with Gasteiger partial charge in [0.05, 0.1) is 11.1 Å². The van der Waals surface area contributed by atoms with Gasteiger partial charge in [0.25, 0.3) is 0 Å². The van der Waals surface area contributed by atoms with Crippen LogP contribution < -0.4 is 0 Å². The van der Waals surface area contributed by atoms with Crippen LogP contribution in [-0.4, -0.2) is 17.3 Å². The van der Waals surface area contributed by atoms with Gasteiger partial charge in [-0.15, -0.1) is 11.8 Å². The van der Waals surface area contributed by atoms with Crippen molar-refractivity contribution in [3.8, 4) is 6.07 Å². The van der Waals surface area contributed by atoms with Gasteiger partial charge in [0.1, 0.15) is 11.9 Å². The fraction of sp³-hybridized carbons (Fsp3) is 0.0667. The van der Waals surface area contributed by atoms with E-state index in [0.717, 1.165) is 22.7 Å². The van der Waals surface area contributed by atoms with Crippen molar-refractivity contribution in [1.82, 2.24) is 0 Å². The molecule has 106 valence electrons. The molecule has 2 aromatic carbocycles. The van der Waals surface area contributed by atoms with Gasteiger partial charge in [-0.2, -0.15) is 5.26 Å². The minimum Gasteiger partial charge on any atom is -0.478 e. The molecule has 2 rings (SSSR count). The number of thioether (sulfide) groups is 1. The highest BCUT2D eigenvalue weighted by molar-refractivity contribution is 8.00. The number of hydrogen-bond donors (Lipinski definition) is 1. The third-order valence-electron chi connectivity index (χ3n) is 2.72. The summed E-state index contributed by atoms with van der Waals surface area (Å²) in [7, 11) is 0. The molecule has 6 heteroatoms. The molecule has 0 radical (unpaired) electrons. The molecule has 0 unspecified atom stereocenters. The van der Waals surface area contributed by atoms with E-state index < -0.39 is 11.8 Å². The summed E-state index contributed by atoms with van der Waals surface area (Å²) in [5, 5.41) is 18.2. The van der Waals surface area contributed by atoms with Gasteiger partial charge in [-0.1, -0.05) is 17.8 Å². The van der Waals surface area contributed by atoms with E-state index in [9.17, 15) is 14.4 Å². The topological polar surface area (TPSA) is 61.1 Å². The molecule has 0 fully saturated rings. The van der Waals surface area contributed by atoms with Crippen LogP contribution in [0.4, 0.5) is 4.39 Å². The van der Waals surface area contributed by atoms with Gasteiger partial charge in [0, 0.05) is 14.7 Å². The summed E-state index contributed by atoms with van der Waals surface area (Å²) in [6, 6.07) is 11.0. The van der Waals surface area contributed by atoms with E-state index in [2.05, 4.69) is 6.07 Å². The number of carboxylic acid groups (broad SMARTS) is 1. The lowest BCUT2D eigenvalue weighted by molar-refractivity contribution is 0.0696. The molecule has 0 aliphatic heterocycles. The zero-order valence-corrected chi connectivity index (χ0v) is 12.6. The highest BCUT2D eigenvalue weighted by Gasteiger charge is 2.13. The molecule has 0 saturated heterocycles. The molecule has 0 atom stereocenters. The van der Waals surface area contributed by atoms with Crippen molar-refractivity contribution in [2.75, 3.05) is 6.26 Å². The van der Waals surface area contributed by atoms with Crippen molar-refractivity contribution in [2.24, 2.45) is 0 Å². The summed E-state index contributed by atoms with van der Waals surface area (Å²) in [6.07, 6.45) is 1.86. The Morgan fingerprint density at radius 3 is 2.57 bits per heavy atom. The maximum atomic E-state index is 13.8. The summed E-state index contributed by atoms with van der Waals surface area (Å²) in [5.74, 6) is -1.63. The Kier molecular flexibility index (Phi) is 4.89. The van der Waals surface area contributed by atoms with Crippen molar-refractivity contribution in [2.45, 2.75) is 14.7 Å². The van der Waals surface area contributed by atoms with Crippen LogP contribution in [0, 0.1) is 17.1 Å². The predicted molar refractivity (Wildman–Crippen MR) is 80.4 cm³/mol. The molecule has 0 saturated carbocycles. The second kappa shape index (κ2) is 6.66. The zero-order chi connectivity index (χ0) is 15.4. The molecule has 21 heavy (non-hydrogen) atoms. The monoisotopic (exact) mass is 319 g/mol. The molecule has 0 amide bonds. The minimum atomic E-state index is -1.12. The van der Waals surface area contributed by atoms with Gasteiger partial charge in [-0.05, 0) is 36.6 Å². The lowest BCUT2D eigenvalue weighted by Crippen LogP contribution is -1.97. The number of benzene rings is 2. The van der Waals surface area contributed by atoms with Crippen molar-refractivity contribution in [3.05, 3.63) is 53.3 Å². The largest absolute Gasteiger partial charge is 0.478 e. The number of aromatic carboxylic acids is 1. The summed E-state index contributed by atoms with van der Waals surface area (Å²) < 4.78 is 13.8. The van der Waals surface area contributed by atoms with E-state index in [-0.39, 0.29) is 10.5 Å². The first-order valence-electron chi connectivity index (χ1n) is 5.84. The van der Waals surface area contributed by atoms with Crippen LogP contribution in [0.1, 0.15) is 15.9 Å². The molecule has 2 aromatic rings. The van der Waals surface area contributed by atoms with Crippen LogP contribution >= 0.6 is 23.5 Å².